The molecule has 1 aliphatic heterocycles. The maximum absolute atomic E-state index is 12.4. The highest BCUT2D eigenvalue weighted by Gasteiger charge is 2.25. The molecule has 0 saturated carbocycles. The molecule has 1 aliphatic rings. The Morgan fingerprint density at radius 2 is 1.58 bits per heavy atom. The lowest BCUT2D eigenvalue weighted by atomic mass is 10.0. The molecule has 2 aromatic carbocycles. The van der Waals surface area contributed by atoms with Gasteiger partial charge in [0.05, 0.1) is 13.2 Å². The van der Waals surface area contributed by atoms with E-state index in [2.05, 4.69) is 27.5 Å². The number of carbonyl (C=O) groups excluding carboxylic acids is 2. The summed E-state index contributed by atoms with van der Waals surface area (Å²) in [5.74, 6) is -0.397. The first-order valence-electron chi connectivity index (χ1n) is 10.7. The van der Waals surface area contributed by atoms with Gasteiger partial charge in [0.15, 0.2) is 0 Å². The summed E-state index contributed by atoms with van der Waals surface area (Å²) in [6, 6.07) is 17.8. The van der Waals surface area contributed by atoms with Crippen molar-refractivity contribution >= 4 is 11.8 Å². The minimum absolute atomic E-state index is 0.000625. The van der Waals surface area contributed by atoms with Crippen LogP contribution in [0.3, 0.4) is 0 Å². The van der Waals surface area contributed by atoms with Crippen LogP contribution in [0.2, 0.25) is 0 Å². The number of amides is 2. The predicted octanol–water partition coefficient (Wildman–Crippen LogP) is 1.46. The average Bonchev–Trinajstić information content (AvgIpc) is 2.81. The first-order chi connectivity index (χ1) is 15.1. The molecule has 0 radical (unpaired) electrons. The lowest BCUT2D eigenvalue weighted by molar-refractivity contribution is -0.139. The number of rotatable bonds is 8. The van der Waals surface area contributed by atoms with E-state index in [1.165, 1.54) is 0 Å². The van der Waals surface area contributed by atoms with Gasteiger partial charge in [-0.05, 0) is 36.7 Å². The van der Waals surface area contributed by atoms with E-state index in [1.54, 1.807) is 7.11 Å². The minimum Gasteiger partial charge on any atom is -0.497 e. The molecule has 1 unspecified atom stereocenters. The van der Waals surface area contributed by atoms with Crippen molar-refractivity contribution in [2.24, 2.45) is 0 Å². The topological polar surface area (TPSA) is 73.9 Å². The Kier molecular flexibility index (Phi) is 8.44. The van der Waals surface area contributed by atoms with Gasteiger partial charge >= 0.3 is 11.8 Å². The van der Waals surface area contributed by atoms with Gasteiger partial charge in [-0.1, -0.05) is 42.5 Å². The lowest BCUT2D eigenvalue weighted by Crippen LogP contribution is -2.49. The van der Waals surface area contributed by atoms with Crippen molar-refractivity contribution in [3.05, 3.63) is 65.7 Å². The zero-order valence-corrected chi connectivity index (χ0v) is 18.3. The fraction of sp³-hybridized carbons (Fsp3) is 0.417. The molecule has 1 atom stereocenters. The van der Waals surface area contributed by atoms with Gasteiger partial charge in [0.2, 0.25) is 0 Å². The smallest absolute Gasteiger partial charge is 0.309 e. The van der Waals surface area contributed by atoms with Crippen LogP contribution in [0, 0.1) is 0 Å². The number of benzene rings is 2. The van der Waals surface area contributed by atoms with Crippen molar-refractivity contribution in [1.29, 1.82) is 0 Å². The van der Waals surface area contributed by atoms with Crippen LogP contribution >= 0.6 is 0 Å². The molecule has 3 rings (SSSR count). The molecule has 166 valence electrons. The minimum atomic E-state index is -0.597. The number of nitrogens with zero attached hydrogens (tertiary/aromatic N) is 2. The zero-order valence-electron chi connectivity index (χ0n) is 18.3. The lowest BCUT2D eigenvalue weighted by Gasteiger charge is -2.38. The Morgan fingerprint density at radius 1 is 0.935 bits per heavy atom. The van der Waals surface area contributed by atoms with E-state index in [1.807, 2.05) is 54.6 Å². The van der Waals surface area contributed by atoms with Gasteiger partial charge in [0.1, 0.15) is 5.75 Å². The number of methoxy groups -OCH3 is 1. The molecule has 7 nitrogen and oxygen atoms in total. The summed E-state index contributed by atoms with van der Waals surface area (Å²) in [4.78, 5) is 29.3. The summed E-state index contributed by atoms with van der Waals surface area (Å²) in [6.07, 6.45) is 0.690. The fourth-order valence-corrected chi connectivity index (χ4v) is 3.73. The van der Waals surface area contributed by atoms with Gasteiger partial charge in [-0.25, -0.2) is 0 Å². The van der Waals surface area contributed by atoms with Crippen molar-refractivity contribution in [2.75, 3.05) is 53.4 Å². The van der Waals surface area contributed by atoms with Crippen molar-refractivity contribution < 1.29 is 14.3 Å². The van der Waals surface area contributed by atoms with E-state index in [4.69, 9.17) is 4.74 Å². The molecule has 2 N–H and O–H groups in total. The Bertz CT molecular complexity index is 834. The number of nitrogens with one attached hydrogen (secondary N) is 2. The average molecular weight is 425 g/mol. The summed E-state index contributed by atoms with van der Waals surface area (Å²) >= 11 is 0. The molecule has 1 heterocycles. The quantitative estimate of drug-likeness (QED) is 0.628. The van der Waals surface area contributed by atoms with Crippen LogP contribution in [0.25, 0.3) is 0 Å². The summed E-state index contributed by atoms with van der Waals surface area (Å²) in [7, 11) is 3.75. The largest absolute Gasteiger partial charge is 0.497 e. The monoisotopic (exact) mass is 424 g/mol. The van der Waals surface area contributed by atoms with Gasteiger partial charge in [0.25, 0.3) is 0 Å². The van der Waals surface area contributed by atoms with Crippen molar-refractivity contribution in [3.63, 3.8) is 0 Å². The number of piperazine rings is 1. The molecule has 1 fully saturated rings. The highest BCUT2D eigenvalue weighted by atomic mass is 16.5. The molecular formula is C24H32N4O3. The highest BCUT2D eigenvalue weighted by Crippen LogP contribution is 2.23. The normalized spacial score (nSPS) is 15.8. The highest BCUT2D eigenvalue weighted by molar-refractivity contribution is 6.35. The van der Waals surface area contributed by atoms with Crippen molar-refractivity contribution in [1.82, 2.24) is 20.4 Å². The summed E-state index contributed by atoms with van der Waals surface area (Å²) in [6.45, 7) is 4.57. The number of ether oxygens (including phenoxy) is 1. The van der Waals surface area contributed by atoms with E-state index in [9.17, 15) is 9.59 Å². The van der Waals surface area contributed by atoms with Crippen LogP contribution in [-0.4, -0.2) is 75.0 Å². The Labute approximate surface area is 184 Å². The number of carbonyl (C=O) groups is 2. The van der Waals surface area contributed by atoms with Crippen LogP contribution in [0.5, 0.6) is 5.75 Å². The van der Waals surface area contributed by atoms with Gasteiger partial charge in [-0.2, -0.15) is 0 Å². The predicted molar refractivity (Wildman–Crippen MR) is 121 cm³/mol. The van der Waals surface area contributed by atoms with Crippen LogP contribution in [-0.2, 0) is 16.0 Å². The second-order valence-corrected chi connectivity index (χ2v) is 7.83. The maximum atomic E-state index is 12.4. The number of hydrogen-bond donors (Lipinski definition) is 2. The second kappa shape index (κ2) is 11.5. The number of likely N-dealkylation sites (N-methyl/N-ethyl adjacent to an activating group) is 1. The molecule has 31 heavy (non-hydrogen) atoms. The Morgan fingerprint density at radius 3 is 2.23 bits per heavy atom. The van der Waals surface area contributed by atoms with Crippen molar-refractivity contribution in [3.8, 4) is 5.75 Å². The maximum Gasteiger partial charge on any atom is 0.309 e. The zero-order chi connectivity index (χ0) is 22.1. The molecule has 7 heteroatoms. The van der Waals surface area contributed by atoms with E-state index in [0.717, 1.165) is 43.1 Å². The third-order valence-electron chi connectivity index (χ3n) is 5.68. The molecule has 0 aliphatic carbocycles. The first kappa shape index (κ1) is 22.8. The van der Waals surface area contributed by atoms with Gasteiger partial charge in [0, 0.05) is 39.3 Å². The van der Waals surface area contributed by atoms with Crippen LogP contribution < -0.4 is 15.4 Å². The third-order valence-corrected chi connectivity index (χ3v) is 5.68. The number of hydrogen-bond acceptors (Lipinski definition) is 5. The third kappa shape index (κ3) is 6.80. The standard InChI is InChI=1S/C24H32N4O3/c1-27-14-16-28(17-15-27)22(20-8-10-21(31-2)11-9-20)18-26-24(30)23(29)25-13-12-19-6-4-3-5-7-19/h3-11,22H,12-18H2,1-2H3,(H,25,29)(H,26,30). The van der Waals surface area contributed by atoms with Crippen molar-refractivity contribution in [2.45, 2.75) is 12.5 Å². The fourth-order valence-electron chi connectivity index (χ4n) is 3.73. The van der Waals surface area contributed by atoms with Gasteiger partial charge in [-0.3, -0.25) is 14.5 Å². The van der Waals surface area contributed by atoms with Crippen LogP contribution in [0.15, 0.2) is 54.6 Å². The van der Waals surface area contributed by atoms with Gasteiger partial charge in [-0.15, -0.1) is 0 Å². The van der Waals surface area contributed by atoms with Crippen LogP contribution in [0.1, 0.15) is 17.2 Å². The van der Waals surface area contributed by atoms with Crippen LogP contribution in [0.4, 0.5) is 0 Å². The molecule has 2 aromatic rings. The van der Waals surface area contributed by atoms with E-state index < -0.39 is 11.8 Å². The first-order valence-corrected chi connectivity index (χ1v) is 10.7. The Balaban J connectivity index is 1.55. The summed E-state index contributed by atoms with van der Waals surface area (Å²) in [5, 5.41) is 5.54. The molecular weight excluding hydrogens is 392 g/mol. The SMILES string of the molecule is COc1ccc(C(CNC(=O)C(=O)NCCc2ccccc2)N2CCN(C)CC2)cc1. The molecule has 2 amide bonds. The molecule has 0 bridgehead atoms. The second-order valence-electron chi connectivity index (χ2n) is 7.83. The van der Waals surface area contributed by atoms with E-state index >= 15 is 0 Å². The van der Waals surface area contributed by atoms with E-state index in [-0.39, 0.29) is 6.04 Å². The summed E-state index contributed by atoms with van der Waals surface area (Å²) in [5.41, 5.74) is 2.22. The summed E-state index contributed by atoms with van der Waals surface area (Å²) < 4.78 is 5.26. The van der Waals surface area contributed by atoms with Gasteiger partial charge < -0.3 is 20.3 Å². The Hall–Kier alpha value is -2.90. The molecule has 0 aromatic heterocycles. The molecule has 0 spiro atoms. The van der Waals surface area contributed by atoms with E-state index in [0.29, 0.717) is 19.5 Å². The molecule has 1 saturated heterocycles.